The van der Waals surface area contributed by atoms with E-state index in [1.165, 1.54) is 7.11 Å². The fraction of sp³-hybridized carbons (Fsp3) is 0.174. The minimum absolute atomic E-state index is 0.110. The standard InChI is InChI=1S/C23H23IN2O4S/c1-16-7-10-21(11-8-16)31(28,29)26(19-5-4-6-20(14-19)30-3)15-23(27)25-22-12-9-18(24)13-17(22)2/h4-14H,15H2,1-3H3,(H,25,27). The number of halogens is 1. The molecule has 3 aromatic rings. The summed E-state index contributed by atoms with van der Waals surface area (Å²) < 4.78 is 34.3. The zero-order valence-corrected chi connectivity index (χ0v) is 20.4. The molecule has 1 N–H and O–H groups in total. The van der Waals surface area contributed by atoms with Crippen LogP contribution >= 0.6 is 22.6 Å². The molecule has 0 saturated carbocycles. The van der Waals surface area contributed by atoms with Gasteiger partial charge in [-0.15, -0.1) is 0 Å². The molecule has 0 spiro atoms. The summed E-state index contributed by atoms with van der Waals surface area (Å²) in [6.07, 6.45) is 0. The predicted octanol–water partition coefficient (Wildman–Crippen LogP) is 4.75. The first-order chi connectivity index (χ1) is 14.7. The largest absolute Gasteiger partial charge is 0.497 e. The second-order valence-corrected chi connectivity index (χ2v) is 10.1. The van der Waals surface area contributed by atoms with Crippen molar-refractivity contribution in [2.24, 2.45) is 0 Å². The highest BCUT2D eigenvalue weighted by molar-refractivity contribution is 14.1. The van der Waals surface area contributed by atoms with Gasteiger partial charge in [-0.2, -0.15) is 0 Å². The summed E-state index contributed by atoms with van der Waals surface area (Å²) in [5.74, 6) is 0.0540. The molecule has 0 saturated heterocycles. The van der Waals surface area contributed by atoms with Crippen molar-refractivity contribution in [1.29, 1.82) is 0 Å². The van der Waals surface area contributed by atoms with Gasteiger partial charge >= 0.3 is 0 Å². The maximum absolute atomic E-state index is 13.4. The van der Waals surface area contributed by atoms with Gasteiger partial charge in [0.25, 0.3) is 10.0 Å². The minimum Gasteiger partial charge on any atom is -0.497 e. The number of hydrogen-bond donors (Lipinski definition) is 1. The third-order valence-corrected chi connectivity index (χ3v) is 7.16. The quantitative estimate of drug-likeness (QED) is 0.431. The molecule has 8 heteroatoms. The Morgan fingerprint density at radius 2 is 1.74 bits per heavy atom. The van der Waals surface area contributed by atoms with Crippen LogP contribution in [0.3, 0.4) is 0 Å². The van der Waals surface area contributed by atoms with E-state index >= 15 is 0 Å². The van der Waals surface area contributed by atoms with E-state index in [1.54, 1.807) is 54.6 Å². The Labute approximate surface area is 196 Å². The third-order valence-electron chi connectivity index (χ3n) is 4.70. The zero-order chi connectivity index (χ0) is 22.6. The van der Waals surface area contributed by atoms with Gasteiger partial charge in [0.1, 0.15) is 12.3 Å². The number of amides is 1. The third kappa shape index (κ3) is 5.56. The number of carbonyl (C=O) groups is 1. The van der Waals surface area contributed by atoms with E-state index in [-0.39, 0.29) is 11.4 Å². The van der Waals surface area contributed by atoms with E-state index in [4.69, 9.17) is 4.74 Å². The normalized spacial score (nSPS) is 11.1. The first-order valence-corrected chi connectivity index (χ1v) is 12.0. The highest BCUT2D eigenvalue weighted by atomic mass is 127. The Balaban J connectivity index is 1.97. The van der Waals surface area contributed by atoms with Crippen molar-refractivity contribution < 1.29 is 17.9 Å². The predicted molar refractivity (Wildman–Crippen MR) is 131 cm³/mol. The highest BCUT2D eigenvalue weighted by Crippen LogP contribution is 2.27. The molecule has 0 radical (unpaired) electrons. The molecule has 0 aliphatic carbocycles. The van der Waals surface area contributed by atoms with Crippen LogP contribution in [0.25, 0.3) is 0 Å². The molecule has 0 fully saturated rings. The Morgan fingerprint density at radius 3 is 2.39 bits per heavy atom. The number of nitrogens with zero attached hydrogens (tertiary/aromatic N) is 1. The molecular weight excluding hydrogens is 527 g/mol. The van der Waals surface area contributed by atoms with E-state index in [2.05, 4.69) is 27.9 Å². The van der Waals surface area contributed by atoms with Gasteiger partial charge in [-0.1, -0.05) is 23.8 Å². The average molecular weight is 550 g/mol. The van der Waals surface area contributed by atoms with Crippen molar-refractivity contribution in [2.75, 3.05) is 23.3 Å². The summed E-state index contributed by atoms with van der Waals surface area (Å²) in [7, 11) is -2.48. The van der Waals surface area contributed by atoms with Crippen LogP contribution in [-0.2, 0) is 14.8 Å². The molecule has 3 aromatic carbocycles. The second kappa shape index (κ2) is 9.69. The first kappa shape index (κ1) is 23.1. The molecule has 1 amide bonds. The van der Waals surface area contributed by atoms with Crippen molar-refractivity contribution in [3.63, 3.8) is 0 Å². The summed E-state index contributed by atoms with van der Waals surface area (Å²) in [4.78, 5) is 13.0. The maximum atomic E-state index is 13.4. The molecule has 3 rings (SSSR count). The summed E-state index contributed by atoms with van der Waals surface area (Å²) in [6, 6.07) is 18.8. The average Bonchev–Trinajstić information content (AvgIpc) is 2.74. The molecule has 0 aromatic heterocycles. The molecule has 31 heavy (non-hydrogen) atoms. The SMILES string of the molecule is COc1cccc(N(CC(=O)Nc2ccc(I)cc2C)S(=O)(=O)c2ccc(C)cc2)c1. The first-order valence-electron chi connectivity index (χ1n) is 9.50. The lowest BCUT2D eigenvalue weighted by Crippen LogP contribution is -2.38. The van der Waals surface area contributed by atoms with E-state index < -0.39 is 15.9 Å². The van der Waals surface area contributed by atoms with Crippen molar-refractivity contribution >= 4 is 49.9 Å². The summed E-state index contributed by atoms with van der Waals surface area (Å²) in [5, 5.41) is 2.82. The number of nitrogens with one attached hydrogen (secondary N) is 1. The van der Waals surface area contributed by atoms with Gasteiger partial charge in [0, 0.05) is 15.3 Å². The number of sulfonamides is 1. The molecule has 0 unspecified atom stereocenters. The van der Waals surface area contributed by atoms with Crippen molar-refractivity contribution in [2.45, 2.75) is 18.7 Å². The van der Waals surface area contributed by atoms with Gasteiger partial charge < -0.3 is 10.1 Å². The molecule has 0 heterocycles. The Hall–Kier alpha value is -2.59. The lowest BCUT2D eigenvalue weighted by Gasteiger charge is -2.24. The van der Waals surface area contributed by atoms with Crippen LogP contribution in [0.4, 0.5) is 11.4 Å². The van der Waals surface area contributed by atoms with Crippen LogP contribution in [-0.4, -0.2) is 28.0 Å². The molecule has 6 nitrogen and oxygen atoms in total. The van der Waals surface area contributed by atoms with Crippen LogP contribution < -0.4 is 14.4 Å². The van der Waals surface area contributed by atoms with E-state index in [0.29, 0.717) is 17.1 Å². The van der Waals surface area contributed by atoms with Gasteiger partial charge in [-0.05, 0) is 84.5 Å². The molecule has 0 atom stereocenters. The topological polar surface area (TPSA) is 75.7 Å². The van der Waals surface area contributed by atoms with Gasteiger partial charge in [-0.25, -0.2) is 8.42 Å². The Bertz CT molecular complexity index is 1190. The van der Waals surface area contributed by atoms with E-state index in [1.807, 2.05) is 26.0 Å². The summed E-state index contributed by atoms with van der Waals surface area (Å²) in [6.45, 7) is 3.39. The second-order valence-electron chi connectivity index (χ2n) is 7.03. The molecular formula is C23H23IN2O4S. The number of anilines is 2. The van der Waals surface area contributed by atoms with E-state index in [0.717, 1.165) is 19.0 Å². The molecule has 0 bridgehead atoms. The molecule has 0 aliphatic heterocycles. The molecule has 0 aliphatic rings. The Morgan fingerprint density at radius 1 is 1.03 bits per heavy atom. The smallest absolute Gasteiger partial charge is 0.264 e. The maximum Gasteiger partial charge on any atom is 0.264 e. The van der Waals surface area contributed by atoms with Crippen LogP contribution in [0.5, 0.6) is 5.75 Å². The van der Waals surface area contributed by atoms with Crippen molar-refractivity contribution in [3.05, 3.63) is 81.4 Å². The zero-order valence-electron chi connectivity index (χ0n) is 17.4. The summed E-state index contributed by atoms with van der Waals surface area (Å²) in [5.41, 5.74) is 2.83. The highest BCUT2D eigenvalue weighted by Gasteiger charge is 2.27. The number of ether oxygens (including phenoxy) is 1. The van der Waals surface area contributed by atoms with Crippen LogP contribution in [0.1, 0.15) is 11.1 Å². The molecule has 162 valence electrons. The minimum atomic E-state index is -3.98. The van der Waals surface area contributed by atoms with Crippen molar-refractivity contribution in [1.82, 2.24) is 0 Å². The fourth-order valence-corrected chi connectivity index (χ4v) is 5.07. The number of rotatable bonds is 7. The lowest BCUT2D eigenvalue weighted by atomic mass is 10.2. The monoisotopic (exact) mass is 550 g/mol. The van der Waals surface area contributed by atoms with Gasteiger partial charge in [-0.3, -0.25) is 9.10 Å². The van der Waals surface area contributed by atoms with Crippen LogP contribution in [0, 0.1) is 17.4 Å². The number of carbonyl (C=O) groups excluding carboxylic acids is 1. The van der Waals surface area contributed by atoms with E-state index in [9.17, 15) is 13.2 Å². The lowest BCUT2D eigenvalue weighted by molar-refractivity contribution is -0.114. The summed E-state index contributed by atoms with van der Waals surface area (Å²) >= 11 is 2.20. The van der Waals surface area contributed by atoms with Crippen LogP contribution in [0.2, 0.25) is 0 Å². The van der Waals surface area contributed by atoms with Crippen LogP contribution in [0.15, 0.2) is 71.6 Å². The van der Waals surface area contributed by atoms with Gasteiger partial charge in [0.2, 0.25) is 5.91 Å². The number of methoxy groups -OCH3 is 1. The van der Waals surface area contributed by atoms with Crippen molar-refractivity contribution in [3.8, 4) is 5.75 Å². The Kier molecular flexibility index (Phi) is 7.22. The number of aryl methyl sites for hydroxylation is 2. The van der Waals surface area contributed by atoms with Gasteiger partial charge in [0.15, 0.2) is 0 Å². The number of benzene rings is 3. The number of hydrogen-bond acceptors (Lipinski definition) is 4. The fourth-order valence-electron chi connectivity index (χ4n) is 3.01. The van der Waals surface area contributed by atoms with Gasteiger partial charge in [0.05, 0.1) is 17.7 Å².